The van der Waals surface area contributed by atoms with Crippen LogP contribution < -0.4 is 5.46 Å². The molecule has 64 valence electrons. The van der Waals surface area contributed by atoms with Gasteiger partial charge >= 0.3 is 7.12 Å². The molecule has 0 saturated heterocycles. The summed E-state index contributed by atoms with van der Waals surface area (Å²) in [6, 6.07) is 3.25. The molecule has 12 heavy (non-hydrogen) atoms. The zero-order valence-electron chi connectivity index (χ0n) is 6.77. The summed E-state index contributed by atoms with van der Waals surface area (Å²) in [5.74, 6) is 0. The number of ether oxygens (including phenoxy) is 1. The zero-order chi connectivity index (χ0) is 8.97. The van der Waals surface area contributed by atoms with E-state index in [1.807, 2.05) is 0 Å². The fourth-order valence-electron chi connectivity index (χ4n) is 0.943. The third-order valence-electron chi connectivity index (χ3n) is 1.48. The standard InChI is InChI=1S/C7H10BNO3/c1-12-5-7-6(8(10)11)3-2-4-9-7/h2-4,10-11H,5H2,1H3. The summed E-state index contributed by atoms with van der Waals surface area (Å²) in [5.41, 5.74) is 0.939. The largest absolute Gasteiger partial charge is 0.490 e. The van der Waals surface area contributed by atoms with Crippen molar-refractivity contribution in [2.75, 3.05) is 7.11 Å². The van der Waals surface area contributed by atoms with Crippen molar-refractivity contribution in [1.82, 2.24) is 4.98 Å². The molecule has 0 unspecified atom stereocenters. The quantitative estimate of drug-likeness (QED) is 0.561. The van der Waals surface area contributed by atoms with Gasteiger partial charge in [0.25, 0.3) is 0 Å². The lowest BCUT2D eigenvalue weighted by Gasteiger charge is -2.05. The zero-order valence-corrected chi connectivity index (χ0v) is 6.77. The van der Waals surface area contributed by atoms with Crippen LogP contribution in [0.15, 0.2) is 18.3 Å². The highest BCUT2D eigenvalue weighted by Gasteiger charge is 2.15. The van der Waals surface area contributed by atoms with Crippen LogP contribution in [-0.4, -0.2) is 29.3 Å². The first-order valence-corrected chi connectivity index (χ1v) is 3.54. The number of aromatic nitrogens is 1. The molecule has 0 fully saturated rings. The van der Waals surface area contributed by atoms with Crippen molar-refractivity contribution < 1.29 is 14.8 Å². The number of hydrogen-bond acceptors (Lipinski definition) is 4. The van der Waals surface area contributed by atoms with Gasteiger partial charge in [0.2, 0.25) is 0 Å². The van der Waals surface area contributed by atoms with E-state index in [4.69, 9.17) is 14.8 Å². The van der Waals surface area contributed by atoms with Gasteiger partial charge in [-0.05, 0) is 6.07 Å². The molecule has 0 radical (unpaired) electrons. The molecule has 5 heteroatoms. The van der Waals surface area contributed by atoms with Gasteiger partial charge in [-0.2, -0.15) is 0 Å². The van der Waals surface area contributed by atoms with Crippen molar-refractivity contribution in [2.24, 2.45) is 0 Å². The summed E-state index contributed by atoms with van der Waals surface area (Å²) < 4.78 is 4.83. The third-order valence-corrected chi connectivity index (χ3v) is 1.48. The van der Waals surface area contributed by atoms with Gasteiger partial charge in [0.05, 0.1) is 12.3 Å². The van der Waals surface area contributed by atoms with Crippen LogP contribution in [-0.2, 0) is 11.3 Å². The van der Waals surface area contributed by atoms with Crippen molar-refractivity contribution >= 4 is 12.6 Å². The van der Waals surface area contributed by atoms with E-state index >= 15 is 0 Å². The normalized spacial score (nSPS) is 9.92. The highest BCUT2D eigenvalue weighted by molar-refractivity contribution is 6.59. The van der Waals surface area contributed by atoms with E-state index < -0.39 is 7.12 Å². The monoisotopic (exact) mass is 167 g/mol. The van der Waals surface area contributed by atoms with Crippen LogP contribution in [0.5, 0.6) is 0 Å². The van der Waals surface area contributed by atoms with Crippen molar-refractivity contribution in [1.29, 1.82) is 0 Å². The van der Waals surface area contributed by atoms with Gasteiger partial charge in [-0.1, -0.05) is 6.07 Å². The topological polar surface area (TPSA) is 62.6 Å². The van der Waals surface area contributed by atoms with Gasteiger partial charge in [0, 0.05) is 18.8 Å². The molecule has 0 spiro atoms. The lowest BCUT2D eigenvalue weighted by molar-refractivity contribution is 0.182. The summed E-state index contributed by atoms with van der Waals surface area (Å²) in [6.07, 6.45) is 1.58. The predicted molar refractivity (Wildman–Crippen MR) is 44.8 cm³/mol. The van der Waals surface area contributed by atoms with Gasteiger partial charge in [0.15, 0.2) is 0 Å². The van der Waals surface area contributed by atoms with Crippen LogP contribution in [0.2, 0.25) is 0 Å². The maximum atomic E-state index is 8.89. The SMILES string of the molecule is COCc1ncccc1B(O)O. The number of rotatable bonds is 3. The van der Waals surface area contributed by atoms with Crippen LogP contribution >= 0.6 is 0 Å². The predicted octanol–water partition coefficient (Wildman–Crippen LogP) is -1.09. The van der Waals surface area contributed by atoms with E-state index in [1.54, 1.807) is 18.3 Å². The molecule has 0 bridgehead atoms. The summed E-state index contributed by atoms with van der Waals surface area (Å²) in [5, 5.41) is 17.8. The molecule has 4 nitrogen and oxygen atoms in total. The Morgan fingerprint density at radius 3 is 2.92 bits per heavy atom. The van der Waals surface area contributed by atoms with E-state index in [2.05, 4.69) is 4.98 Å². The molecule has 2 N–H and O–H groups in total. The van der Waals surface area contributed by atoms with Gasteiger partial charge in [-0.3, -0.25) is 4.98 Å². The Labute approximate surface area is 71.0 Å². The summed E-state index contributed by atoms with van der Waals surface area (Å²) >= 11 is 0. The van der Waals surface area contributed by atoms with E-state index in [9.17, 15) is 0 Å². The van der Waals surface area contributed by atoms with Gasteiger partial charge in [0.1, 0.15) is 0 Å². The summed E-state index contributed by atoms with van der Waals surface area (Å²) in [6.45, 7) is 0.286. The minimum Gasteiger partial charge on any atom is -0.423 e. The number of pyridine rings is 1. The van der Waals surface area contributed by atoms with E-state index in [1.165, 1.54) is 7.11 Å². The number of methoxy groups -OCH3 is 1. The average molecular weight is 167 g/mol. The van der Waals surface area contributed by atoms with E-state index in [-0.39, 0.29) is 6.61 Å². The molecular formula is C7H10BNO3. The van der Waals surface area contributed by atoms with Crippen LogP contribution in [0.3, 0.4) is 0 Å². The molecule has 1 aromatic rings. The second-order valence-electron chi connectivity index (χ2n) is 2.35. The number of nitrogens with zero attached hydrogens (tertiary/aromatic N) is 1. The molecule has 0 amide bonds. The lowest BCUT2D eigenvalue weighted by atomic mass is 9.79. The van der Waals surface area contributed by atoms with Crippen molar-refractivity contribution in [3.05, 3.63) is 24.0 Å². The first-order valence-electron chi connectivity index (χ1n) is 3.54. The smallest absolute Gasteiger partial charge is 0.423 e. The molecule has 0 aromatic carbocycles. The fourth-order valence-corrected chi connectivity index (χ4v) is 0.943. The van der Waals surface area contributed by atoms with Gasteiger partial charge in [-0.25, -0.2) is 0 Å². The van der Waals surface area contributed by atoms with Crippen LogP contribution in [0.1, 0.15) is 5.69 Å². The lowest BCUT2D eigenvalue weighted by Crippen LogP contribution is -2.33. The Hall–Kier alpha value is -0.905. The van der Waals surface area contributed by atoms with Crippen molar-refractivity contribution in [2.45, 2.75) is 6.61 Å². The highest BCUT2D eigenvalue weighted by atomic mass is 16.5. The minimum absolute atomic E-state index is 0.286. The molecule has 1 rings (SSSR count). The maximum Gasteiger partial charge on any atom is 0.490 e. The van der Waals surface area contributed by atoms with E-state index in [0.717, 1.165) is 0 Å². The van der Waals surface area contributed by atoms with Crippen LogP contribution in [0, 0.1) is 0 Å². The van der Waals surface area contributed by atoms with Gasteiger partial charge in [-0.15, -0.1) is 0 Å². The van der Waals surface area contributed by atoms with Gasteiger partial charge < -0.3 is 14.8 Å². The number of hydrogen-bond donors (Lipinski definition) is 2. The molecule has 0 aliphatic carbocycles. The first kappa shape index (κ1) is 9.19. The molecule has 0 saturated carbocycles. The van der Waals surface area contributed by atoms with Crippen LogP contribution in [0.25, 0.3) is 0 Å². The molecule has 0 atom stereocenters. The van der Waals surface area contributed by atoms with Crippen LogP contribution in [0.4, 0.5) is 0 Å². The molecule has 1 heterocycles. The van der Waals surface area contributed by atoms with Crippen molar-refractivity contribution in [3.63, 3.8) is 0 Å². The molecule has 1 aromatic heterocycles. The second kappa shape index (κ2) is 4.20. The molecular weight excluding hydrogens is 157 g/mol. The Kier molecular flexibility index (Phi) is 3.22. The summed E-state index contributed by atoms with van der Waals surface area (Å²) in [7, 11) is 0.0474. The third kappa shape index (κ3) is 2.04. The highest BCUT2D eigenvalue weighted by Crippen LogP contribution is 1.93. The second-order valence-corrected chi connectivity index (χ2v) is 2.35. The molecule has 0 aliphatic heterocycles. The Morgan fingerprint density at radius 1 is 1.58 bits per heavy atom. The Morgan fingerprint density at radius 2 is 2.33 bits per heavy atom. The summed E-state index contributed by atoms with van der Waals surface area (Å²) in [4.78, 5) is 3.94. The average Bonchev–Trinajstić information content (AvgIpc) is 2.05. The minimum atomic E-state index is -1.48. The maximum absolute atomic E-state index is 8.89. The first-order chi connectivity index (χ1) is 5.75. The van der Waals surface area contributed by atoms with E-state index in [0.29, 0.717) is 11.2 Å². The Balaban J connectivity index is 2.92. The molecule has 0 aliphatic rings. The fraction of sp³-hybridized carbons (Fsp3) is 0.286. The van der Waals surface area contributed by atoms with Crippen molar-refractivity contribution in [3.8, 4) is 0 Å². The Bertz CT molecular complexity index is 254.